The average Bonchev–Trinajstić information content (AvgIpc) is 2.84. The molecule has 5 heteroatoms. The Balaban J connectivity index is 2.00. The van der Waals surface area contributed by atoms with Crippen molar-refractivity contribution in [2.24, 2.45) is 17.9 Å². The molecule has 0 aliphatic rings. The molecule has 5 nitrogen and oxygen atoms in total. The van der Waals surface area contributed by atoms with Crippen molar-refractivity contribution in [3.8, 4) is 11.3 Å². The molecular weight excluding hydrogens is 274 g/mol. The first-order valence-corrected chi connectivity index (χ1v) is 7.14. The fourth-order valence-electron chi connectivity index (χ4n) is 2.54. The van der Waals surface area contributed by atoms with Gasteiger partial charge in [0, 0.05) is 31.3 Å². The standard InChI is InChI=1S/C17H20N5/c1-20(2)19-17(18)14-9-7-13(8-10-14)15-12-22-11-5-4-6-16(22)21(15)3/h4-12H,1-3H3,(H2,18,19)/q+1. The van der Waals surface area contributed by atoms with Gasteiger partial charge in [-0.2, -0.15) is 5.10 Å². The third kappa shape index (κ3) is 2.53. The maximum absolute atomic E-state index is 5.97. The lowest BCUT2D eigenvalue weighted by molar-refractivity contribution is -0.510. The number of imidazole rings is 1. The highest BCUT2D eigenvalue weighted by Crippen LogP contribution is 2.20. The molecule has 3 rings (SSSR count). The quantitative estimate of drug-likeness (QED) is 0.345. The third-order valence-corrected chi connectivity index (χ3v) is 3.62. The number of fused-ring (bicyclic) bond motifs is 1. The smallest absolute Gasteiger partial charge is 0.286 e. The zero-order valence-electron chi connectivity index (χ0n) is 13.1. The number of aryl methyl sites for hydroxylation is 1. The van der Waals surface area contributed by atoms with E-state index in [1.54, 1.807) is 5.01 Å². The van der Waals surface area contributed by atoms with Crippen molar-refractivity contribution in [1.29, 1.82) is 0 Å². The lowest BCUT2D eigenvalue weighted by atomic mass is 10.1. The van der Waals surface area contributed by atoms with Crippen LogP contribution in [0.15, 0.2) is 60.0 Å². The van der Waals surface area contributed by atoms with Gasteiger partial charge < -0.3 is 10.7 Å². The number of nitrogens with zero attached hydrogens (tertiary/aromatic N) is 4. The van der Waals surface area contributed by atoms with E-state index in [1.165, 1.54) is 0 Å². The van der Waals surface area contributed by atoms with Crippen molar-refractivity contribution >= 4 is 11.5 Å². The first-order valence-electron chi connectivity index (χ1n) is 7.14. The zero-order valence-corrected chi connectivity index (χ0v) is 13.1. The second kappa shape index (κ2) is 5.52. The number of hydrogen-bond donors (Lipinski definition) is 1. The topological polar surface area (TPSA) is 50.6 Å². The number of nitrogens with two attached hydrogens (primary N) is 1. The zero-order chi connectivity index (χ0) is 15.7. The van der Waals surface area contributed by atoms with Crippen LogP contribution in [0.2, 0.25) is 0 Å². The minimum Gasteiger partial charge on any atom is -0.382 e. The minimum absolute atomic E-state index is 0.517. The van der Waals surface area contributed by atoms with Crippen LogP contribution in [0.3, 0.4) is 0 Å². The van der Waals surface area contributed by atoms with Crippen LogP contribution in [0.1, 0.15) is 5.56 Å². The van der Waals surface area contributed by atoms with Crippen LogP contribution < -0.4 is 10.1 Å². The molecule has 2 heterocycles. The monoisotopic (exact) mass is 294 g/mol. The third-order valence-electron chi connectivity index (χ3n) is 3.62. The molecule has 0 fully saturated rings. The van der Waals surface area contributed by atoms with E-state index in [-0.39, 0.29) is 0 Å². The Morgan fingerprint density at radius 3 is 2.50 bits per heavy atom. The van der Waals surface area contributed by atoms with Crippen LogP contribution in [-0.2, 0) is 7.05 Å². The van der Waals surface area contributed by atoms with Gasteiger partial charge in [0.1, 0.15) is 6.20 Å². The summed E-state index contributed by atoms with van der Waals surface area (Å²) in [7, 11) is 5.78. The second-order valence-electron chi connectivity index (χ2n) is 5.45. The van der Waals surface area contributed by atoms with E-state index in [2.05, 4.69) is 51.7 Å². The van der Waals surface area contributed by atoms with Gasteiger partial charge in [0.05, 0.1) is 13.2 Å². The molecule has 0 bridgehead atoms. The van der Waals surface area contributed by atoms with Gasteiger partial charge in [-0.25, -0.2) is 8.97 Å². The van der Waals surface area contributed by atoms with E-state index in [1.807, 2.05) is 38.4 Å². The molecule has 112 valence electrons. The van der Waals surface area contributed by atoms with Crippen molar-refractivity contribution in [1.82, 2.24) is 9.58 Å². The molecule has 0 spiro atoms. The Bertz CT molecular complexity index is 828. The van der Waals surface area contributed by atoms with Gasteiger partial charge in [-0.3, -0.25) is 0 Å². The van der Waals surface area contributed by atoms with Gasteiger partial charge in [0.25, 0.3) is 5.65 Å². The van der Waals surface area contributed by atoms with E-state index in [0.29, 0.717) is 5.84 Å². The Labute approximate surface area is 129 Å². The summed E-state index contributed by atoms with van der Waals surface area (Å²) >= 11 is 0. The van der Waals surface area contributed by atoms with Crippen LogP contribution in [0.4, 0.5) is 0 Å². The molecule has 0 radical (unpaired) electrons. The summed E-state index contributed by atoms with van der Waals surface area (Å²) in [4.78, 5) is 0. The number of amidine groups is 1. The summed E-state index contributed by atoms with van der Waals surface area (Å²) in [5, 5.41) is 5.92. The van der Waals surface area contributed by atoms with Crippen molar-refractivity contribution in [2.75, 3.05) is 14.1 Å². The number of hydrazone groups is 1. The Morgan fingerprint density at radius 2 is 1.86 bits per heavy atom. The van der Waals surface area contributed by atoms with E-state index in [9.17, 15) is 0 Å². The van der Waals surface area contributed by atoms with E-state index in [0.717, 1.165) is 22.5 Å². The molecule has 2 aromatic heterocycles. The van der Waals surface area contributed by atoms with Crippen LogP contribution in [0.5, 0.6) is 0 Å². The minimum atomic E-state index is 0.517. The van der Waals surface area contributed by atoms with Gasteiger partial charge in [-0.1, -0.05) is 18.2 Å². The van der Waals surface area contributed by atoms with E-state index < -0.39 is 0 Å². The molecular formula is C17H20N5+. The molecule has 0 unspecified atom stereocenters. The molecule has 0 saturated heterocycles. The van der Waals surface area contributed by atoms with Gasteiger partial charge in [-0.15, -0.1) is 0 Å². The van der Waals surface area contributed by atoms with Crippen molar-refractivity contribution < 1.29 is 4.40 Å². The van der Waals surface area contributed by atoms with Gasteiger partial charge in [-0.05, 0) is 18.2 Å². The highest BCUT2D eigenvalue weighted by Gasteiger charge is 2.15. The number of hydrogen-bond acceptors (Lipinski definition) is 2. The summed E-state index contributed by atoms with van der Waals surface area (Å²) in [6, 6.07) is 14.3. The molecule has 1 aromatic carbocycles. The lowest BCUT2D eigenvalue weighted by Gasteiger charge is -2.07. The first kappa shape index (κ1) is 14.1. The highest BCUT2D eigenvalue weighted by molar-refractivity contribution is 5.97. The van der Waals surface area contributed by atoms with Crippen LogP contribution in [0, 0.1) is 0 Å². The predicted octanol–water partition coefficient (Wildman–Crippen LogP) is 1.61. The van der Waals surface area contributed by atoms with E-state index in [4.69, 9.17) is 5.73 Å². The van der Waals surface area contributed by atoms with Crippen LogP contribution in [-0.4, -0.2) is 29.5 Å². The first-order chi connectivity index (χ1) is 10.6. The number of rotatable bonds is 3. The molecule has 0 amide bonds. The number of aromatic nitrogens is 2. The Morgan fingerprint density at radius 1 is 1.14 bits per heavy atom. The van der Waals surface area contributed by atoms with Crippen LogP contribution >= 0.6 is 0 Å². The summed E-state index contributed by atoms with van der Waals surface area (Å²) < 4.78 is 4.29. The van der Waals surface area contributed by atoms with Crippen LogP contribution in [0.25, 0.3) is 16.9 Å². The fraction of sp³-hybridized carbons (Fsp3) is 0.176. The summed E-state index contributed by atoms with van der Waals surface area (Å²) in [5.74, 6) is 0.517. The molecule has 0 aliphatic heterocycles. The fourth-order valence-corrected chi connectivity index (χ4v) is 2.54. The molecule has 3 aromatic rings. The Hall–Kier alpha value is -2.82. The van der Waals surface area contributed by atoms with Gasteiger partial charge in [0.2, 0.25) is 0 Å². The van der Waals surface area contributed by atoms with Crippen molar-refractivity contribution in [2.45, 2.75) is 0 Å². The van der Waals surface area contributed by atoms with Gasteiger partial charge >= 0.3 is 0 Å². The van der Waals surface area contributed by atoms with Crippen molar-refractivity contribution in [3.63, 3.8) is 0 Å². The molecule has 0 atom stereocenters. The average molecular weight is 294 g/mol. The Kier molecular flexibility index (Phi) is 3.55. The number of benzene rings is 1. The second-order valence-corrected chi connectivity index (χ2v) is 5.45. The number of pyridine rings is 1. The van der Waals surface area contributed by atoms with Gasteiger partial charge in [0.15, 0.2) is 11.5 Å². The maximum atomic E-state index is 5.97. The largest absolute Gasteiger partial charge is 0.382 e. The SMILES string of the molecule is CN(C)/N=C(\N)c1ccc(-c2c[n+]3ccccc3n2C)cc1. The summed E-state index contributed by atoms with van der Waals surface area (Å²) in [6.07, 6.45) is 4.18. The highest BCUT2D eigenvalue weighted by atomic mass is 15.4. The molecule has 0 aliphatic carbocycles. The normalized spacial score (nSPS) is 11.9. The molecule has 2 N–H and O–H groups in total. The molecule has 0 saturated carbocycles. The summed E-state index contributed by atoms with van der Waals surface area (Å²) in [5.41, 5.74) is 10.3. The lowest BCUT2D eigenvalue weighted by Crippen LogP contribution is -2.18. The van der Waals surface area contributed by atoms with Crippen molar-refractivity contribution in [3.05, 3.63) is 60.4 Å². The summed E-state index contributed by atoms with van der Waals surface area (Å²) in [6.45, 7) is 0. The predicted molar refractivity (Wildman–Crippen MR) is 88.4 cm³/mol. The molecule has 22 heavy (non-hydrogen) atoms. The maximum Gasteiger partial charge on any atom is 0.286 e. The van der Waals surface area contributed by atoms with E-state index >= 15 is 0 Å².